The van der Waals surface area contributed by atoms with Crippen LogP contribution < -0.4 is 4.90 Å². The third-order valence-corrected chi connectivity index (χ3v) is 6.22. The zero-order valence-electron chi connectivity index (χ0n) is 15.3. The van der Waals surface area contributed by atoms with Crippen molar-refractivity contribution in [1.82, 2.24) is 4.90 Å². The van der Waals surface area contributed by atoms with Gasteiger partial charge in [-0.15, -0.1) is 0 Å². The minimum atomic E-state index is -0.423. The van der Waals surface area contributed by atoms with Crippen molar-refractivity contribution in [3.8, 4) is 0 Å². The van der Waals surface area contributed by atoms with E-state index < -0.39 is 5.60 Å². The Labute approximate surface area is 158 Å². The van der Waals surface area contributed by atoms with Gasteiger partial charge >= 0.3 is 6.09 Å². The van der Waals surface area contributed by atoms with Gasteiger partial charge in [0, 0.05) is 41.3 Å². The molecule has 3 aliphatic rings. The Morgan fingerprint density at radius 3 is 2.52 bits per heavy atom. The molecule has 2 heterocycles. The van der Waals surface area contributed by atoms with E-state index in [9.17, 15) is 4.79 Å². The summed E-state index contributed by atoms with van der Waals surface area (Å²) < 4.78 is 6.70. The summed E-state index contributed by atoms with van der Waals surface area (Å²) in [6.45, 7) is 8.49. The molecule has 25 heavy (non-hydrogen) atoms. The van der Waals surface area contributed by atoms with Gasteiger partial charge in [-0.25, -0.2) is 4.79 Å². The van der Waals surface area contributed by atoms with E-state index in [4.69, 9.17) is 4.74 Å². The molecule has 0 radical (unpaired) electrons. The van der Waals surface area contributed by atoms with Crippen LogP contribution in [0.5, 0.6) is 0 Å². The smallest absolute Gasteiger partial charge is 0.410 e. The van der Waals surface area contributed by atoms with Crippen LogP contribution in [0.1, 0.15) is 52.0 Å². The van der Waals surface area contributed by atoms with Crippen LogP contribution in [-0.2, 0) is 10.2 Å². The zero-order valence-corrected chi connectivity index (χ0v) is 16.9. The second-order valence-corrected chi connectivity index (χ2v) is 9.68. The number of hydrogen-bond acceptors (Lipinski definition) is 3. The van der Waals surface area contributed by atoms with Crippen molar-refractivity contribution in [2.45, 2.75) is 63.5 Å². The molecule has 0 aromatic heterocycles. The molecule has 1 aromatic carbocycles. The molecule has 1 spiro atoms. The molecule has 2 aliphatic heterocycles. The highest BCUT2D eigenvalue weighted by molar-refractivity contribution is 9.10. The number of carbonyl (C=O) groups excluding carboxylic acids is 1. The van der Waals surface area contributed by atoms with Gasteiger partial charge in [0.25, 0.3) is 0 Å². The lowest BCUT2D eigenvalue weighted by atomic mass is 9.99. The Morgan fingerprint density at radius 2 is 1.92 bits per heavy atom. The summed E-state index contributed by atoms with van der Waals surface area (Å²) in [5.74, 6) is 0. The van der Waals surface area contributed by atoms with E-state index in [-0.39, 0.29) is 6.09 Å². The summed E-state index contributed by atoms with van der Waals surface area (Å²) in [6, 6.07) is 7.27. The maximum atomic E-state index is 12.3. The molecule has 0 bridgehead atoms. The average Bonchev–Trinajstić information content (AvgIpc) is 3.25. The Kier molecular flexibility index (Phi) is 4.06. The third kappa shape index (κ3) is 3.27. The topological polar surface area (TPSA) is 32.8 Å². The lowest BCUT2D eigenvalue weighted by Crippen LogP contribution is -2.48. The normalized spacial score (nSPS) is 22.2. The molecular weight excluding hydrogens is 380 g/mol. The maximum absolute atomic E-state index is 12.3. The monoisotopic (exact) mass is 406 g/mol. The molecule has 136 valence electrons. The number of carbonyl (C=O) groups is 1. The molecule has 4 rings (SSSR count). The molecular formula is C20H27BrN2O2. The van der Waals surface area contributed by atoms with Gasteiger partial charge in [-0.2, -0.15) is 0 Å². The molecule has 5 heteroatoms. The molecule has 0 N–H and O–H groups in total. The van der Waals surface area contributed by atoms with E-state index in [0.717, 1.165) is 32.5 Å². The molecule has 1 aromatic rings. The van der Waals surface area contributed by atoms with E-state index in [1.54, 1.807) is 0 Å². The fourth-order valence-electron chi connectivity index (χ4n) is 4.27. The number of benzene rings is 1. The molecule has 2 fully saturated rings. The highest BCUT2D eigenvalue weighted by atomic mass is 79.9. The molecule has 1 saturated heterocycles. The molecule has 1 saturated carbocycles. The summed E-state index contributed by atoms with van der Waals surface area (Å²) >= 11 is 3.63. The fourth-order valence-corrected chi connectivity index (χ4v) is 4.63. The number of hydrogen-bond donors (Lipinski definition) is 0. The first-order valence-corrected chi connectivity index (χ1v) is 10.1. The SMILES string of the molecule is CC(C)(C)OC(=O)N1CCC(N2CC3(CC3)c3cc(Br)ccc32)CC1. The van der Waals surface area contributed by atoms with Gasteiger partial charge in [0.2, 0.25) is 0 Å². The first-order chi connectivity index (χ1) is 11.8. The number of ether oxygens (including phenoxy) is 1. The Hall–Kier alpha value is -1.23. The van der Waals surface area contributed by atoms with Gasteiger partial charge in [0.15, 0.2) is 0 Å². The fraction of sp³-hybridized carbons (Fsp3) is 0.650. The van der Waals surface area contributed by atoms with Crippen LogP contribution in [0.25, 0.3) is 0 Å². The number of likely N-dealkylation sites (tertiary alicyclic amines) is 1. The predicted octanol–water partition coefficient (Wildman–Crippen LogP) is 4.70. The van der Waals surface area contributed by atoms with Crippen LogP contribution in [0.2, 0.25) is 0 Å². The second kappa shape index (κ2) is 5.90. The van der Waals surface area contributed by atoms with Crippen LogP contribution in [-0.4, -0.2) is 42.3 Å². The van der Waals surface area contributed by atoms with E-state index >= 15 is 0 Å². The summed E-state index contributed by atoms with van der Waals surface area (Å²) in [7, 11) is 0. The van der Waals surface area contributed by atoms with E-state index in [1.165, 1.54) is 28.6 Å². The van der Waals surface area contributed by atoms with Crippen molar-refractivity contribution in [3.63, 3.8) is 0 Å². The quantitative estimate of drug-likeness (QED) is 0.677. The van der Waals surface area contributed by atoms with Crippen molar-refractivity contribution >= 4 is 27.7 Å². The van der Waals surface area contributed by atoms with Gasteiger partial charge in [0.05, 0.1) is 0 Å². The first kappa shape index (κ1) is 17.2. The van der Waals surface area contributed by atoms with E-state index in [0.29, 0.717) is 11.5 Å². The van der Waals surface area contributed by atoms with Gasteiger partial charge < -0.3 is 14.5 Å². The summed E-state index contributed by atoms with van der Waals surface area (Å²) in [5.41, 5.74) is 2.92. The zero-order chi connectivity index (χ0) is 17.8. The number of amides is 1. The van der Waals surface area contributed by atoms with E-state index in [2.05, 4.69) is 39.0 Å². The van der Waals surface area contributed by atoms with Crippen LogP contribution >= 0.6 is 15.9 Å². The Bertz CT molecular complexity index is 685. The number of fused-ring (bicyclic) bond motifs is 2. The summed E-state index contributed by atoms with van der Waals surface area (Å²) in [6.07, 6.45) is 4.48. The number of halogens is 1. The standard InChI is InChI=1S/C20H27BrN2O2/c1-19(2,3)25-18(24)22-10-6-15(7-11-22)23-13-20(8-9-20)16-12-14(21)4-5-17(16)23/h4-5,12,15H,6-11,13H2,1-3H3. The van der Waals surface area contributed by atoms with Crippen molar-refractivity contribution in [1.29, 1.82) is 0 Å². The Morgan fingerprint density at radius 1 is 1.24 bits per heavy atom. The Balaban J connectivity index is 1.43. The number of rotatable bonds is 1. The number of nitrogens with zero attached hydrogens (tertiary/aromatic N) is 2. The summed E-state index contributed by atoms with van der Waals surface area (Å²) in [5, 5.41) is 0. The maximum Gasteiger partial charge on any atom is 0.410 e. The molecule has 0 unspecified atom stereocenters. The van der Waals surface area contributed by atoms with Gasteiger partial charge in [-0.05, 0) is 70.2 Å². The molecule has 0 atom stereocenters. The minimum Gasteiger partial charge on any atom is -0.444 e. The molecule has 1 amide bonds. The highest BCUT2D eigenvalue weighted by Gasteiger charge is 2.53. The van der Waals surface area contributed by atoms with Crippen molar-refractivity contribution < 1.29 is 9.53 Å². The van der Waals surface area contributed by atoms with Crippen molar-refractivity contribution in [3.05, 3.63) is 28.2 Å². The summed E-state index contributed by atoms with van der Waals surface area (Å²) in [4.78, 5) is 16.8. The molecule has 4 nitrogen and oxygen atoms in total. The van der Waals surface area contributed by atoms with Gasteiger partial charge in [-0.1, -0.05) is 15.9 Å². The van der Waals surface area contributed by atoms with Crippen LogP contribution in [0.15, 0.2) is 22.7 Å². The molecule has 1 aliphatic carbocycles. The lowest BCUT2D eigenvalue weighted by molar-refractivity contribution is 0.0204. The number of piperidine rings is 1. The van der Waals surface area contributed by atoms with Crippen molar-refractivity contribution in [2.24, 2.45) is 0 Å². The first-order valence-electron chi connectivity index (χ1n) is 9.32. The van der Waals surface area contributed by atoms with Gasteiger partial charge in [-0.3, -0.25) is 0 Å². The average molecular weight is 407 g/mol. The van der Waals surface area contributed by atoms with Crippen LogP contribution in [0, 0.1) is 0 Å². The minimum absolute atomic E-state index is 0.171. The highest BCUT2D eigenvalue weighted by Crippen LogP contribution is 2.57. The van der Waals surface area contributed by atoms with E-state index in [1.807, 2.05) is 25.7 Å². The lowest BCUT2D eigenvalue weighted by Gasteiger charge is -2.38. The predicted molar refractivity (Wildman–Crippen MR) is 103 cm³/mol. The largest absolute Gasteiger partial charge is 0.444 e. The number of anilines is 1. The third-order valence-electron chi connectivity index (χ3n) is 5.72. The second-order valence-electron chi connectivity index (χ2n) is 8.77. The van der Waals surface area contributed by atoms with Crippen LogP contribution in [0.3, 0.4) is 0 Å². The van der Waals surface area contributed by atoms with Gasteiger partial charge in [0.1, 0.15) is 5.60 Å². The van der Waals surface area contributed by atoms with Crippen molar-refractivity contribution in [2.75, 3.05) is 24.5 Å². The van der Waals surface area contributed by atoms with Crippen LogP contribution in [0.4, 0.5) is 10.5 Å².